The van der Waals surface area contributed by atoms with E-state index in [0.717, 1.165) is 6.29 Å². The summed E-state index contributed by atoms with van der Waals surface area (Å²) in [5.41, 5.74) is 0. The molecule has 0 aromatic rings. The largest absolute Gasteiger partial charge is 0.391 e. The lowest BCUT2D eigenvalue weighted by Gasteiger charge is -2.26. The van der Waals surface area contributed by atoms with Gasteiger partial charge in [0.15, 0.2) is 0 Å². The van der Waals surface area contributed by atoms with Crippen LogP contribution in [0.4, 0.5) is 13.2 Å². The first kappa shape index (κ1) is 9.55. The summed E-state index contributed by atoms with van der Waals surface area (Å²) in [4.78, 5) is 10.2. The molecule has 0 atom stereocenters. The van der Waals surface area contributed by atoms with Crippen LogP contribution in [0.25, 0.3) is 0 Å². The topological polar surface area (TPSA) is 17.1 Å². The SMILES string of the molecule is O=CC1CCC(C(F)(F)F)CC1. The zero-order valence-corrected chi connectivity index (χ0v) is 6.60. The molecule has 0 N–H and O–H groups in total. The van der Waals surface area contributed by atoms with E-state index in [1.54, 1.807) is 0 Å². The van der Waals surface area contributed by atoms with Gasteiger partial charge in [0.2, 0.25) is 0 Å². The van der Waals surface area contributed by atoms with Gasteiger partial charge in [0.05, 0.1) is 5.92 Å². The summed E-state index contributed by atoms with van der Waals surface area (Å²) in [5, 5.41) is 0. The van der Waals surface area contributed by atoms with Crippen molar-refractivity contribution in [1.82, 2.24) is 0 Å². The van der Waals surface area contributed by atoms with Gasteiger partial charge in [-0.2, -0.15) is 13.2 Å². The van der Waals surface area contributed by atoms with E-state index in [2.05, 4.69) is 0 Å². The second kappa shape index (κ2) is 3.46. The van der Waals surface area contributed by atoms with Crippen LogP contribution in [0.5, 0.6) is 0 Å². The van der Waals surface area contributed by atoms with Crippen molar-refractivity contribution < 1.29 is 18.0 Å². The monoisotopic (exact) mass is 180 g/mol. The van der Waals surface area contributed by atoms with E-state index in [4.69, 9.17) is 0 Å². The van der Waals surface area contributed by atoms with Gasteiger partial charge in [-0.25, -0.2) is 0 Å². The third-order valence-electron chi connectivity index (χ3n) is 2.43. The van der Waals surface area contributed by atoms with Crippen molar-refractivity contribution in [3.8, 4) is 0 Å². The van der Waals surface area contributed by atoms with E-state index in [1.165, 1.54) is 0 Å². The smallest absolute Gasteiger partial charge is 0.303 e. The van der Waals surface area contributed by atoms with Gasteiger partial charge in [0.25, 0.3) is 0 Å². The highest BCUT2D eigenvalue weighted by Crippen LogP contribution is 2.38. The van der Waals surface area contributed by atoms with E-state index in [1.807, 2.05) is 0 Å². The molecule has 1 saturated carbocycles. The molecule has 0 radical (unpaired) electrons. The Morgan fingerprint density at radius 3 is 1.92 bits per heavy atom. The second-order valence-corrected chi connectivity index (χ2v) is 3.29. The average molecular weight is 180 g/mol. The Labute approximate surface area is 68.9 Å². The van der Waals surface area contributed by atoms with Gasteiger partial charge in [0.1, 0.15) is 6.29 Å². The lowest BCUT2D eigenvalue weighted by molar-refractivity contribution is -0.184. The number of rotatable bonds is 1. The number of carbonyl (C=O) groups excluding carboxylic acids is 1. The molecule has 0 aromatic carbocycles. The molecule has 0 unspecified atom stereocenters. The Morgan fingerprint density at radius 1 is 1.08 bits per heavy atom. The van der Waals surface area contributed by atoms with Gasteiger partial charge in [-0.05, 0) is 25.7 Å². The van der Waals surface area contributed by atoms with Crippen molar-refractivity contribution in [3.63, 3.8) is 0 Å². The first-order chi connectivity index (χ1) is 5.54. The zero-order chi connectivity index (χ0) is 9.19. The predicted octanol–water partition coefficient (Wildman–Crippen LogP) is 2.55. The normalized spacial score (nSPS) is 31.6. The molecule has 0 spiro atoms. The van der Waals surface area contributed by atoms with E-state index in [9.17, 15) is 18.0 Å². The molecule has 1 aliphatic carbocycles. The standard InChI is InChI=1S/C8H11F3O/c9-8(10,11)7-3-1-6(5-12)2-4-7/h5-7H,1-4H2. The molecule has 0 amide bonds. The van der Waals surface area contributed by atoms with Crippen LogP contribution in [0, 0.1) is 11.8 Å². The van der Waals surface area contributed by atoms with Crippen molar-refractivity contribution in [2.75, 3.05) is 0 Å². The molecule has 0 aromatic heterocycles. The minimum atomic E-state index is -4.06. The Bertz CT molecular complexity index is 156. The summed E-state index contributed by atoms with van der Waals surface area (Å²) in [6, 6.07) is 0. The van der Waals surface area contributed by atoms with E-state index in [0.29, 0.717) is 12.8 Å². The highest BCUT2D eigenvalue weighted by Gasteiger charge is 2.41. The summed E-state index contributed by atoms with van der Waals surface area (Å²) in [6.07, 6.45) is -2.26. The van der Waals surface area contributed by atoms with Crippen LogP contribution in [0.15, 0.2) is 0 Å². The van der Waals surface area contributed by atoms with Crippen LogP contribution >= 0.6 is 0 Å². The van der Waals surface area contributed by atoms with Gasteiger partial charge in [-0.1, -0.05) is 0 Å². The van der Waals surface area contributed by atoms with Crippen molar-refractivity contribution >= 4 is 6.29 Å². The number of halogens is 3. The summed E-state index contributed by atoms with van der Waals surface area (Å²) >= 11 is 0. The summed E-state index contributed by atoms with van der Waals surface area (Å²) in [7, 11) is 0. The number of carbonyl (C=O) groups is 1. The zero-order valence-electron chi connectivity index (χ0n) is 6.60. The van der Waals surface area contributed by atoms with Crippen molar-refractivity contribution in [1.29, 1.82) is 0 Å². The highest BCUT2D eigenvalue weighted by atomic mass is 19.4. The maximum absolute atomic E-state index is 12.1. The lowest BCUT2D eigenvalue weighted by Crippen LogP contribution is -2.28. The van der Waals surface area contributed by atoms with Crippen LogP contribution in [0.1, 0.15) is 25.7 Å². The number of hydrogen-bond donors (Lipinski definition) is 0. The van der Waals surface area contributed by atoms with Crippen molar-refractivity contribution in [2.45, 2.75) is 31.9 Å². The maximum atomic E-state index is 12.1. The van der Waals surface area contributed by atoms with Gasteiger partial charge >= 0.3 is 6.18 Å². The first-order valence-corrected chi connectivity index (χ1v) is 4.06. The number of hydrogen-bond acceptors (Lipinski definition) is 1. The molecular weight excluding hydrogens is 169 g/mol. The predicted molar refractivity (Wildman–Crippen MR) is 37.6 cm³/mol. The van der Waals surface area contributed by atoms with Crippen molar-refractivity contribution in [3.05, 3.63) is 0 Å². The molecule has 12 heavy (non-hydrogen) atoms. The van der Waals surface area contributed by atoms with Crippen LogP contribution in [0.3, 0.4) is 0 Å². The molecular formula is C8H11F3O. The average Bonchev–Trinajstić information content (AvgIpc) is 2.03. The summed E-state index contributed by atoms with van der Waals surface area (Å²) < 4.78 is 36.3. The molecule has 4 heteroatoms. The number of alkyl halides is 3. The molecule has 0 saturated heterocycles. The molecule has 0 aliphatic heterocycles. The molecule has 0 bridgehead atoms. The number of aldehydes is 1. The lowest BCUT2D eigenvalue weighted by atomic mass is 9.82. The molecule has 0 heterocycles. The van der Waals surface area contributed by atoms with Crippen molar-refractivity contribution in [2.24, 2.45) is 11.8 Å². The fraction of sp³-hybridized carbons (Fsp3) is 0.875. The van der Waals surface area contributed by atoms with Gasteiger partial charge < -0.3 is 4.79 Å². The van der Waals surface area contributed by atoms with Crippen LogP contribution < -0.4 is 0 Å². The second-order valence-electron chi connectivity index (χ2n) is 3.29. The minimum absolute atomic E-state index is 0.118. The molecule has 1 fully saturated rings. The van der Waals surface area contributed by atoms with E-state index >= 15 is 0 Å². The van der Waals surface area contributed by atoms with Crippen LogP contribution in [-0.4, -0.2) is 12.5 Å². The van der Waals surface area contributed by atoms with Crippen LogP contribution in [-0.2, 0) is 4.79 Å². The Balaban J connectivity index is 2.41. The van der Waals surface area contributed by atoms with E-state index < -0.39 is 12.1 Å². The molecule has 1 aliphatic rings. The third-order valence-corrected chi connectivity index (χ3v) is 2.43. The maximum Gasteiger partial charge on any atom is 0.391 e. The molecule has 70 valence electrons. The minimum Gasteiger partial charge on any atom is -0.303 e. The highest BCUT2D eigenvalue weighted by molar-refractivity contribution is 5.53. The fourth-order valence-corrected chi connectivity index (χ4v) is 1.58. The Hall–Kier alpha value is -0.540. The van der Waals surface area contributed by atoms with E-state index in [-0.39, 0.29) is 18.8 Å². The van der Waals surface area contributed by atoms with Gasteiger partial charge in [0, 0.05) is 5.92 Å². The molecule has 1 rings (SSSR count). The Kier molecular flexibility index (Phi) is 2.75. The first-order valence-electron chi connectivity index (χ1n) is 4.06. The fourth-order valence-electron chi connectivity index (χ4n) is 1.58. The molecule has 1 nitrogen and oxygen atoms in total. The van der Waals surface area contributed by atoms with Gasteiger partial charge in [-0.15, -0.1) is 0 Å². The quantitative estimate of drug-likeness (QED) is 0.567. The third kappa shape index (κ3) is 2.22. The van der Waals surface area contributed by atoms with Crippen LogP contribution in [0.2, 0.25) is 0 Å². The van der Waals surface area contributed by atoms with Gasteiger partial charge in [-0.3, -0.25) is 0 Å². The summed E-state index contributed by atoms with van der Waals surface area (Å²) in [6.45, 7) is 0. The summed E-state index contributed by atoms with van der Waals surface area (Å²) in [5.74, 6) is -1.31. The Morgan fingerprint density at radius 2 is 1.58 bits per heavy atom.